The Morgan fingerprint density at radius 3 is 3.00 bits per heavy atom. The fourth-order valence-electron chi connectivity index (χ4n) is 2.51. The molecular weight excluding hydrogens is 296 g/mol. The van der Waals surface area contributed by atoms with Gasteiger partial charge in [0, 0.05) is 24.8 Å². The number of nitrogens with zero attached hydrogens (tertiary/aromatic N) is 1. The third-order valence-electron chi connectivity index (χ3n) is 3.79. The van der Waals surface area contributed by atoms with Crippen LogP contribution in [0.3, 0.4) is 0 Å². The number of amides is 1. The number of ketones is 1. The Morgan fingerprint density at radius 1 is 1.52 bits per heavy atom. The Hall–Kier alpha value is -2.39. The number of benzene rings is 1. The normalized spacial score (nSPS) is 18.0. The van der Waals surface area contributed by atoms with E-state index in [1.165, 1.54) is 7.11 Å². The molecule has 0 spiro atoms. The van der Waals surface area contributed by atoms with Gasteiger partial charge >= 0.3 is 0 Å². The molecule has 2 unspecified atom stereocenters. The zero-order valence-corrected chi connectivity index (χ0v) is 13.1. The number of anilines is 1. The van der Waals surface area contributed by atoms with Crippen molar-refractivity contribution in [2.24, 2.45) is 5.92 Å². The second-order valence-electron chi connectivity index (χ2n) is 5.42. The van der Waals surface area contributed by atoms with Crippen LogP contribution in [0.15, 0.2) is 24.3 Å². The van der Waals surface area contributed by atoms with Gasteiger partial charge in [-0.2, -0.15) is 5.26 Å². The number of rotatable bonds is 7. The molecule has 0 aliphatic carbocycles. The molecule has 1 aromatic carbocycles. The predicted molar refractivity (Wildman–Crippen MR) is 83.9 cm³/mol. The van der Waals surface area contributed by atoms with E-state index in [1.54, 1.807) is 30.3 Å². The van der Waals surface area contributed by atoms with Gasteiger partial charge in [-0.25, -0.2) is 0 Å². The van der Waals surface area contributed by atoms with Crippen LogP contribution in [0.1, 0.15) is 25.7 Å². The molecule has 0 bridgehead atoms. The lowest BCUT2D eigenvalue weighted by Gasteiger charge is -2.12. The van der Waals surface area contributed by atoms with E-state index in [2.05, 4.69) is 5.32 Å². The minimum absolute atomic E-state index is 0.0692. The molecule has 0 radical (unpaired) electrons. The molecular formula is C17H20N2O4. The van der Waals surface area contributed by atoms with Crippen LogP contribution in [0.5, 0.6) is 5.75 Å². The second-order valence-corrected chi connectivity index (χ2v) is 5.42. The largest absolute Gasteiger partial charge is 0.497 e. The van der Waals surface area contributed by atoms with E-state index in [4.69, 9.17) is 14.7 Å². The van der Waals surface area contributed by atoms with Gasteiger partial charge in [0.1, 0.15) is 5.75 Å². The summed E-state index contributed by atoms with van der Waals surface area (Å²) >= 11 is 0. The molecule has 0 aromatic heterocycles. The Kier molecular flexibility index (Phi) is 6.12. The average Bonchev–Trinajstić information content (AvgIpc) is 3.07. The number of ether oxygens (including phenoxy) is 2. The number of carbonyl (C=O) groups is 2. The van der Waals surface area contributed by atoms with Crippen LogP contribution < -0.4 is 10.1 Å². The van der Waals surface area contributed by atoms with Crippen LogP contribution in [0.4, 0.5) is 5.69 Å². The zero-order valence-electron chi connectivity index (χ0n) is 13.1. The summed E-state index contributed by atoms with van der Waals surface area (Å²) in [6.07, 6.45) is 2.73. The number of methoxy groups -OCH3 is 1. The SMILES string of the molecule is COc1cccc(NC(=O)C(C#N)C(=O)CCC2CCCO2)c1. The lowest BCUT2D eigenvalue weighted by Crippen LogP contribution is -2.29. The van der Waals surface area contributed by atoms with Crippen LogP contribution in [0.2, 0.25) is 0 Å². The molecule has 1 amide bonds. The third-order valence-corrected chi connectivity index (χ3v) is 3.79. The molecule has 1 N–H and O–H groups in total. The molecule has 1 fully saturated rings. The van der Waals surface area contributed by atoms with Gasteiger partial charge in [0.25, 0.3) is 0 Å². The van der Waals surface area contributed by atoms with Crippen LogP contribution in [0, 0.1) is 17.2 Å². The van der Waals surface area contributed by atoms with Crippen molar-refractivity contribution in [3.05, 3.63) is 24.3 Å². The summed E-state index contributed by atoms with van der Waals surface area (Å²) in [4.78, 5) is 24.3. The molecule has 2 atom stereocenters. The van der Waals surface area contributed by atoms with Crippen LogP contribution in [0.25, 0.3) is 0 Å². The van der Waals surface area contributed by atoms with Crippen molar-refractivity contribution in [1.82, 2.24) is 0 Å². The van der Waals surface area contributed by atoms with Gasteiger partial charge < -0.3 is 14.8 Å². The Morgan fingerprint density at radius 2 is 2.35 bits per heavy atom. The minimum Gasteiger partial charge on any atom is -0.497 e. The molecule has 2 rings (SSSR count). The van der Waals surface area contributed by atoms with Crippen molar-refractivity contribution in [2.75, 3.05) is 19.0 Å². The molecule has 0 saturated carbocycles. The van der Waals surface area contributed by atoms with Gasteiger partial charge in [-0.1, -0.05) is 6.07 Å². The molecule has 1 aliphatic rings. The molecule has 6 nitrogen and oxygen atoms in total. The Balaban J connectivity index is 1.91. The molecule has 1 saturated heterocycles. The van der Waals surface area contributed by atoms with Gasteiger partial charge in [-0.3, -0.25) is 9.59 Å². The number of carbonyl (C=O) groups excluding carboxylic acids is 2. The molecule has 1 heterocycles. The van der Waals surface area contributed by atoms with Gasteiger partial charge in [0.2, 0.25) is 5.91 Å². The number of hydrogen-bond donors (Lipinski definition) is 1. The van der Waals surface area contributed by atoms with E-state index in [-0.39, 0.29) is 18.3 Å². The smallest absolute Gasteiger partial charge is 0.249 e. The highest BCUT2D eigenvalue weighted by Gasteiger charge is 2.27. The number of hydrogen-bond acceptors (Lipinski definition) is 5. The monoisotopic (exact) mass is 316 g/mol. The van der Waals surface area contributed by atoms with E-state index < -0.39 is 11.8 Å². The van der Waals surface area contributed by atoms with E-state index in [0.29, 0.717) is 17.9 Å². The maximum atomic E-state index is 12.2. The van der Waals surface area contributed by atoms with Crippen molar-refractivity contribution in [2.45, 2.75) is 31.8 Å². The Bertz CT molecular complexity index is 603. The summed E-state index contributed by atoms with van der Waals surface area (Å²) in [7, 11) is 1.52. The zero-order chi connectivity index (χ0) is 16.7. The first kappa shape index (κ1) is 17.0. The third kappa shape index (κ3) is 4.80. The standard InChI is InChI=1S/C17H20N2O4/c1-22-14-5-2-4-12(10-14)19-17(21)15(11-18)16(20)8-7-13-6-3-9-23-13/h2,4-5,10,13,15H,3,6-9H2,1H3,(H,19,21). The van der Waals surface area contributed by atoms with E-state index >= 15 is 0 Å². The highest BCUT2D eigenvalue weighted by molar-refractivity contribution is 6.09. The lowest BCUT2D eigenvalue weighted by molar-refractivity contribution is -0.129. The van der Waals surface area contributed by atoms with E-state index in [1.807, 2.05) is 0 Å². The minimum atomic E-state index is -1.30. The first-order valence-electron chi connectivity index (χ1n) is 7.63. The van der Waals surface area contributed by atoms with Crippen molar-refractivity contribution in [1.29, 1.82) is 5.26 Å². The molecule has 23 heavy (non-hydrogen) atoms. The molecule has 1 aliphatic heterocycles. The summed E-state index contributed by atoms with van der Waals surface area (Å²) in [5.74, 6) is -1.70. The van der Waals surface area contributed by atoms with Crippen molar-refractivity contribution in [3.63, 3.8) is 0 Å². The van der Waals surface area contributed by atoms with Crippen LogP contribution in [-0.2, 0) is 14.3 Å². The molecule has 6 heteroatoms. The number of Topliss-reactive ketones (excluding diaryl/α,β-unsaturated/α-hetero) is 1. The summed E-state index contributed by atoms with van der Waals surface area (Å²) < 4.78 is 10.5. The molecule has 122 valence electrons. The highest BCUT2D eigenvalue weighted by Crippen LogP contribution is 2.20. The maximum absolute atomic E-state index is 12.2. The lowest BCUT2D eigenvalue weighted by atomic mass is 9.98. The van der Waals surface area contributed by atoms with Crippen molar-refractivity contribution < 1.29 is 19.1 Å². The first-order chi connectivity index (χ1) is 11.1. The second kappa shape index (κ2) is 8.30. The summed E-state index contributed by atoms with van der Waals surface area (Å²) in [6.45, 7) is 0.719. The topological polar surface area (TPSA) is 88.4 Å². The van der Waals surface area contributed by atoms with E-state index in [0.717, 1.165) is 19.4 Å². The Labute approximate surface area is 135 Å². The van der Waals surface area contributed by atoms with Gasteiger partial charge in [0.05, 0.1) is 19.3 Å². The van der Waals surface area contributed by atoms with Gasteiger partial charge in [-0.15, -0.1) is 0 Å². The predicted octanol–water partition coefficient (Wildman–Crippen LogP) is 2.30. The van der Waals surface area contributed by atoms with E-state index in [9.17, 15) is 9.59 Å². The summed E-state index contributed by atoms with van der Waals surface area (Å²) in [5, 5.41) is 11.7. The first-order valence-corrected chi connectivity index (χ1v) is 7.63. The van der Waals surface area contributed by atoms with Gasteiger partial charge in [0.15, 0.2) is 11.7 Å². The summed E-state index contributed by atoms with van der Waals surface area (Å²) in [5.41, 5.74) is 0.488. The van der Waals surface area contributed by atoms with Crippen molar-refractivity contribution in [3.8, 4) is 11.8 Å². The van der Waals surface area contributed by atoms with Crippen LogP contribution >= 0.6 is 0 Å². The van der Waals surface area contributed by atoms with Crippen molar-refractivity contribution >= 4 is 17.4 Å². The van der Waals surface area contributed by atoms with Crippen LogP contribution in [-0.4, -0.2) is 31.5 Å². The number of nitriles is 1. The maximum Gasteiger partial charge on any atom is 0.249 e. The quantitative estimate of drug-likeness (QED) is 0.780. The summed E-state index contributed by atoms with van der Waals surface area (Å²) in [6, 6.07) is 8.55. The fourth-order valence-corrected chi connectivity index (χ4v) is 2.51. The van der Waals surface area contributed by atoms with Gasteiger partial charge in [-0.05, 0) is 31.4 Å². The molecule has 1 aromatic rings. The fraction of sp³-hybridized carbons (Fsp3) is 0.471. The number of nitrogens with one attached hydrogen (secondary N) is 1. The highest BCUT2D eigenvalue weighted by atomic mass is 16.5. The average molecular weight is 316 g/mol.